The van der Waals surface area contributed by atoms with Crippen LogP contribution in [-0.4, -0.2) is 24.6 Å². The summed E-state index contributed by atoms with van der Waals surface area (Å²) in [7, 11) is 1.33. The molecule has 0 radical (unpaired) electrons. The summed E-state index contributed by atoms with van der Waals surface area (Å²) in [5, 5.41) is 4.06. The van der Waals surface area contributed by atoms with Gasteiger partial charge in [-0.2, -0.15) is 0 Å². The molecule has 15 heavy (non-hydrogen) atoms. The van der Waals surface area contributed by atoms with Gasteiger partial charge in [0.25, 0.3) is 0 Å². The summed E-state index contributed by atoms with van der Waals surface area (Å²) in [6.45, 7) is 0.907. The van der Waals surface area contributed by atoms with Crippen molar-refractivity contribution >= 4 is 34.0 Å². The highest BCUT2D eigenvalue weighted by atomic mass is 35.5. The van der Waals surface area contributed by atoms with E-state index in [0.29, 0.717) is 10.0 Å². The van der Waals surface area contributed by atoms with Crippen LogP contribution in [0.2, 0.25) is 5.15 Å². The van der Waals surface area contributed by atoms with Crippen LogP contribution in [0.4, 0.5) is 5.13 Å². The van der Waals surface area contributed by atoms with Gasteiger partial charge in [0.2, 0.25) is 0 Å². The maximum absolute atomic E-state index is 11.2. The number of halogens is 1. The number of carbonyl (C=O) groups excluding carboxylic acids is 1. The van der Waals surface area contributed by atoms with E-state index in [1.165, 1.54) is 31.3 Å². The lowest BCUT2D eigenvalue weighted by Crippen LogP contribution is -2.02. The zero-order valence-electron chi connectivity index (χ0n) is 8.25. The number of nitrogens with zero attached hydrogens (tertiary/aromatic N) is 1. The number of hydrogen-bond donors (Lipinski definition) is 1. The summed E-state index contributed by atoms with van der Waals surface area (Å²) < 4.78 is 4.59. The molecule has 0 amide bonds. The molecule has 1 fully saturated rings. The van der Waals surface area contributed by atoms with Crippen LogP contribution in [0.15, 0.2) is 0 Å². The molecule has 6 heteroatoms. The van der Waals surface area contributed by atoms with E-state index >= 15 is 0 Å². The average Bonchev–Trinajstić information content (AvgIpc) is 2.98. The van der Waals surface area contributed by atoms with Crippen molar-refractivity contribution < 1.29 is 9.53 Å². The summed E-state index contributed by atoms with van der Waals surface area (Å²) >= 11 is 7.04. The molecule has 0 aromatic carbocycles. The second kappa shape index (κ2) is 4.37. The van der Waals surface area contributed by atoms with E-state index in [-0.39, 0.29) is 5.15 Å². The SMILES string of the molecule is COC(=O)c1sc(NCC2CC2)nc1Cl. The Morgan fingerprint density at radius 2 is 2.47 bits per heavy atom. The minimum atomic E-state index is -0.433. The molecule has 0 atom stereocenters. The summed E-state index contributed by atoms with van der Waals surface area (Å²) in [6, 6.07) is 0. The highest BCUT2D eigenvalue weighted by molar-refractivity contribution is 7.18. The third kappa shape index (κ3) is 2.60. The monoisotopic (exact) mass is 246 g/mol. The number of thiazole rings is 1. The molecule has 0 saturated heterocycles. The number of nitrogens with one attached hydrogen (secondary N) is 1. The van der Waals surface area contributed by atoms with E-state index in [1.807, 2.05) is 0 Å². The second-order valence-electron chi connectivity index (χ2n) is 3.45. The number of esters is 1. The Kier molecular flexibility index (Phi) is 3.11. The van der Waals surface area contributed by atoms with Gasteiger partial charge < -0.3 is 10.1 Å². The van der Waals surface area contributed by atoms with Crippen molar-refractivity contribution in [3.05, 3.63) is 10.0 Å². The molecule has 1 aliphatic rings. The van der Waals surface area contributed by atoms with Crippen LogP contribution in [0.3, 0.4) is 0 Å². The van der Waals surface area contributed by atoms with Crippen molar-refractivity contribution in [3.8, 4) is 0 Å². The van der Waals surface area contributed by atoms with Crippen LogP contribution in [0.25, 0.3) is 0 Å². The lowest BCUT2D eigenvalue weighted by molar-refractivity contribution is 0.0606. The van der Waals surface area contributed by atoms with Crippen LogP contribution in [0.1, 0.15) is 22.5 Å². The molecule has 0 unspecified atom stereocenters. The van der Waals surface area contributed by atoms with Gasteiger partial charge in [-0.25, -0.2) is 9.78 Å². The van der Waals surface area contributed by atoms with Crippen molar-refractivity contribution in [3.63, 3.8) is 0 Å². The Morgan fingerprint density at radius 3 is 3.07 bits per heavy atom. The van der Waals surface area contributed by atoms with E-state index in [1.54, 1.807) is 0 Å². The molecular formula is C9H11ClN2O2S. The van der Waals surface area contributed by atoms with Crippen LogP contribution in [-0.2, 0) is 4.74 Å². The Labute approximate surface area is 96.6 Å². The highest BCUT2D eigenvalue weighted by Crippen LogP contribution is 2.31. The number of ether oxygens (including phenoxy) is 1. The Morgan fingerprint density at radius 1 is 1.73 bits per heavy atom. The largest absolute Gasteiger partial charge is 0.465 e. The van der Waals surface area contributed by atoms with Gasteiger partial charge in [-0.1, -0.05) is 22.9 Å². The van der Waals surface area contributed by atoms with Gasteiger partial charge in [0.05, 0.1) is 7.11 Å². The number of aromatic nitrogens is 1. The van der Waals surface area contributed by atoms with E-state index in [0.717, 1.165) is 12.5 Å². The number of carbonyl (C=O) groups is 1. The van der Waals surface area contributed by atoms with E-state index in [2.05, 4.69) is 15.0 Å². The molecule has 2 rings (SSSR count). The molecule has 1 aromatic rings. The lowest BCUT2D eigenvalue weighted by atomic mass is 10.4. The predicted molar refractivity (Wildman–Crippen MR) is 59.7 cm³/mol. The average molecular weight is 247 g/mol. The molecule has 1 heterocycles. The minimum absolute atomic E-state index is 0.213. The van der Waals surface area contributed by atoms with Gasteiger partial charge in [0.1, 0.15) is 0 Å². The van der Waals surface area contributed by atoms with Crippen LogP contribution >= 0.6 is 22.9 Å². The molecule has 0 spiro atoms. The molecule has 0 bridgehead atoms. The molecule has 4 nitrogen and oxygen atoms in total. The maximum Gasteiger partial charge on any atom is 0.351 e. The van der Waals surface area contributed by atoms with E-state index < -0.39 is 5.97 Å². The van der Waals surface area contributed by atoms with Gasteiger partial charge in [-0.05, 0) is 18.8 Å². The third-order valence-corrected chi connectivity index (χ3v) is 3.57. The van der Waals surface area contributed by atoms with Crippen molar-refractivity contribution in [2.24, 2.45) is 5.92 Å². The molecule has 1 aromatic heterocycles. The molecule has 0 aliphatic heterocycles. The molecule has 1 saturated carbocycles. The van der Waals surface area contributed by atoms with Crippen LogP contribution in [0.5, 0.6) is 0 Å². The van der Waals surface area contributed by atoms with Gasteiger partial charge in [0, 0.05) is 6.54 Å². The molecular weight excluding hydrogens is 236 g/mol. The molecule has 1 aliphatic carbocycles. The topological polar surface area (TPSA) is 51.2 Å². The quantitative estimate of drug-likeness (QED) is 0.829. The maximum atomic E-state index is 11.2. The fourth-order valence-corrected chi connectivity index (χ4v) is 2.26. The summed E-state index contributed by atoms with van der Waals surface area (Å²) in [5.41, 5.74) is 0. The van der Waals surface area contributed by atoms with Crippen molar-refractivity contribution in [1.29, 1.82) is 0 Å². The normalized spacial score (nSPS) is 15.1. The van der Waals surface area contributed by atoms with Crippen molar-refractivity contribution in [2.75, 3.05) is 19.0 Å². The summed E-state index contributed by atoms with van der Waals surface area (Å²) in [6.07, 6.45) is 2.55. The number of methoxy groups -OCH3 is 1. The number of hydrogen-bond acceptors (Lipinski definition) is 5. The standard InChI is InChI=1S/C9H11ClN2O2S/c1-14-8(13)6-7(10)12-9(15-6)11-4-5-2-3-5/h5H,2-4H2,1H3,(H,11,12). The fourth-order valence-electron chi connectivity index (χ4n) is 1.15. The van der Waals surface area contributed by atoms with Gasteiger partial charge in [0.15, 0.2) is 15.2 Å². The first-order valence-electron chi connectivity index (χ1n) is 4.69. The first kappa shape index (κ1) is 10.7. The van der Waals surface area contributed by atoms with Gasteiger partial charge in [-0.3, -0.25) is 0 Å². The highest BCUT2D eigenvalue weighted by Gasteiger charge is 2.22. The van der Waals surface area contributed by atoms with Crippen molar-refractivity contribution in [2.45, 2.75) is 12.8 Å². The van der Waals surface area contributed by atoms with Gasteiger partial charge in [-0.15, -0.1) is 0 Å². The second-order valence-corrected chi connectivity index (χ2v) is 4.81. The van der Waals surface area contributed by atoms with Gasteiger partial charge >= 0.3 is 5.97 Å². The zero-order chi connectivity index (χ0) is 10.8. The summed E-state index contributed by atoms with van der Waals surface area (Å²) in [4.78, 5) is 15.6. The first-order valence-corrected chi connectivity index (χ1v) is 5.88. The van der Waals surface area contributed by atoms with Crippen molar-refractivity contribution in [1.82, 2.24) is 4.98 Å². The number of anilines is 1. The predicted octanol–water partition coefficient (Wildman–Crippen LogP) is 2.41. The van der Waals surface area contributed by atoms with Crippen LogP contribution < -0.4 is 5.32 Å². The smallest absolute Gasteiger partial charge is 0.351 e. The fraction of sp³-hybridized carbons (Fsp3) is 0.556. The first-order chi connectivity index (χ1) is 7.20. The third-order valence-electron chi connectivity index (χ3n) is 2.20. The lowest BCUT2D eigenvalue weighted by Gasteiger charge is -1.97. The van der Waals surface area contributed by atoms with E-state index in [4.69, 9.17) is 11.6 Å². The summed E-state index contributed by atoms with van der Waals surface area (Å²) in [5.74, 6) is 0.325. The molecule has 82 valence electrons. The zero-order valence-corrected chi connectivity index (χ0v) is 9.82. The number of rotatable bonds is 4. The van der Waals surface area contributed by atoms with E-state index in [9.17, 15) is 4.79 Å². The Balaban J connectivity index is 2.02. The van der Waals surface area contributed by atoms with Crippen LogP contribution in [0, 0.1) is 5.92 Å². The minimum Gasteiger partial charge on any atom is -0.465 e. The Hall–Kier alpha value is -0.810. The Bertz CT molecular complexity index is 376. The molecule has 1 N–H and O–H groups in total.